The third kappa shape index (κ3) is 4.10. The predicted molar refractivity (Wildman–Crippen MR) is 126 cm³/mol. The number of para-hydroxylation sites is 1. The molecule has 0 bridgehead atoms. The topological polar surface area (TPSA) is 91.2 Å². The fourth-order valence-corrected chi connectivity index (χ4v) is 4.11. The molecule has 2 aliphatic heterocycles. The molecule has 32 heavy (non-hydrogen) atoms. The standard InChI is InChI=1S/C23H15ClN4O3S/c24-15-6-4-5-14(11-15)19-10-9-17(31-19)12-18-21(25)28-23(26-22(18)29)32-20(27-28)13-30-16-7-2-1-3-8-16/h1-12,25H,13H2/b18-12-,25-21?. The number of carbonyl (C=O) groups excluding carboxylic acids is 1. The molecular weight excluding hydrogens is 448 g/mol. The number of amidine groups is 2. The van der Waals surface area contributed by atoms with Gasteiger partial charge in [-0.15, -0.1) is 0 Å². The number of furan rings is 1. The second-order valence-corrected chi connectivity index (χ2v) is 8.30. The first-order valence-electron chi connectivity index (χ1n) is 9.59. The van der Waals surface area contributed by atoms with Gasteiger partial charge in [0.15, 0.2) is 5.84 Å². The minimum atomic E-state index is -0.519. The molecule has 2 aromatic carbocycles. The van der Waals surface area contributed by atoms with Crippen LogP contribution in [0.5, 0.6) is 5.75 Å². The third-order valence-electron chi connectivity index (χ3n) is 4.62. The molecule has 0 atom stereocenters. The maximum Gasteiger partial charge on any atom is 0.283 e. The lowest BCUT2D eigenvalue weighted by atomic mass is 10.1. The van der Waals surface area contributed by atoms with Gasteiger partial charge in [-0.2, -0.15) is 15.1 Å². The molecular formula is C23H15ClN4O3S. The monoisotopic (exact) mass is 462 g/mol. The van der Waals surface area contributed by atoms with Gasteiger partial charge in [-0.1, -0.05) is 41.9 Å². The lowest BCUT2D eigenvalue weighted by Crippen LogP contribution is -2.35. The fourth-order valence-electron chi connectivity index (χ4n) is 3.12. The molecule has 1 aromatic heterocycles. The highest BCUT2D eigenvalue weighted by atomic mass is 35.5. The number of fused-ring (bicyclic) bond motifs is 1. The van der Waals surface area contributed by atoms with Crippen molar-refractivity contribution in [3.63, 3.8) is 0 Å². The summed E-state index contributed by atoms with van der Waals surface area (Å²) in [4.78, 5) is 16.7. The number of carbonyl (C=O) groups is 1. The first-order chi connectivity index (χ1) is 15.6. The van der Waals surface area contributed by atoms with E-state index in [-0.39, 0.29) is 18.0 Å². The quantitative estimate of drug-likeness (QED) is 0.519. The Morgan fingerprint density at radius 3 is 2.78 bits per heavy atom. The van der Waals surface area contributed by atoms with Crippen molar-refractivity contribution in [1.82, 2.24) is 5.01 Å². The molecule has 0 saturated carbocycles. The predicted octanol–water partition coefficient (Wildman–Crippen LogP) is 5.30. The molecule has 0 aliphatic carbocycles. The molecule has 0 fully saturated rings. The van der Waals surface area contributed by atoms with Crippen molar-refractivity contribution in [3.05, 3.63) is 83.1 Å². The molecule has 0 saturated heterocycles. The molecule has 3 aromatic rings. The van der Waals surface area contributed by atoms with Gasteiger partial charge in [0.25, 0.3) is 5.91 Å². The van der Waals surface area contributed by atoms with Crippen LogP contribution < -0.4 is 4.74 Å². The van der Waals surface area contributed by atoms with E-state index in [4.69, 9.17) is 26.2 Å². The summed E-state index contributed by atoms with van der Waals surface area (Å²) < 4.78 is 11.5. The largest absolute Gasteiger partial charge is 0.487 e. The van der Waals surface area contributed by atoms with E-state index >= 15 is 0 Å². The molecule has 7 nitrogen and oxygen atoms in total. The van der Waals surface area contributed by atoms with Gasteiger partial charge in [-0.3, -0.25) is 10.2 Å². The minimum Gasteiger partial charge on any atom is -0.487 e. The van der Waals surface area contributed by atoms with Crippen LogP contribution in [0.4, 0.5) is 0 Å². The summed E-state index contributed by atoms with van der Waals surface area (Å²) in [6, 6.07) is 20.1. The number of hydrogen-bond acceptors (Lipinski definition) is 6. The SMILES string of the molecule is N=C1/C(=C/c2ccc(-c3cccc(Cl)c3)o2)C(=O)N=C2SC(COc3ccccc3)=NN12. The molecule has 3 heterocycles. The Balaban J connectivity index is 1.35. The third-order valence-corrected chi connectivity index (χ3v) is 5.74. The summed E-state index contributed by atoms with van der Waals surface area (Å²) in [6.07, 6.45) is 1.50. The van der Waals surface area contributed by atoms with Gasteiger partial charge in [0.05, 0.1) is 5.57 Å². The Morgan fingerprint density at radius 2 is 1.97 bits per heavy atom. The van der Waals surface area contributed by atoms with Crippen molar-refractivity contribution in [1.29, 1.82) is 5.41 Å². The Labute approximate surface area is 192 Å². The number of ether oxygens (including phenoxy) is 1. The van der Waals surface area contributed by atoms with E-state index in [1.54, 1.807) is 24.3 Å². The van der Waals surface area contributed by atoms with Gasteiger partial charge < -0.3 is 9.15 Å². The van der Waals surface area contributed by atoms with Crippen molar-refractivity contribution < 1.29 is 13.9 Å². The van der Waals surface area contributed by atoms with Gasteiger partial charge >= 0.3 is 0 Å². The number of nitrogens with zero attached hydrogens (tertiary/aromatic N) is 3. The lowest BCUT2D eigenvalue weighted by Gasteiger charge is -2.19. The zero-order chi connectivity index (χ0) is 22.1. The van der Waals surface area contributed by atoms with Crippen LogP contribution in [0, 0.1) is 5.41 Å². The van der Waals surface area contributed by atoms with E-state index in [0.29, 0.717) is 32.5 Å². The molecule has 2 aliphatic rings. The molecule has 5 rings (SSSR count). The van der Waals surface area contributed by atoms with Crippen molar-refractivity contribution in [2.45, 2.75) is 0 Å². The first-order valence-corrected chi connectivity index (χ1v) is 10.8. The first kappa shape index (κ1) is 20.3. The highest BCUT2D eigenvalue weighted by Crippen LogP contribution is 2.30. The van der Waals surface area contributed by atoms with Crippen LogP contribution in [-0.2, 0) is 4.79 Å². The zero-order valence-corrected chi connectivity index (χ0v) is 18.1. The number of benzene rings is 2. The average molecular weight is 463 g/mol. The van der Waals surface area contributed by atoms with E-state index in [1.807, 2.05) is 42.5 Å². The molecule has 1 amide bonds. The van der Waals surface area contributed by atoms with Gasteiger partial charge in [-0.05, 0) is 54.2 Å². The Morgan fingerprint density at radius 1 is 1.12 bits per heavy atom. The Kier molecular flexibility index (Phi) is 5.38. The van der Waals surface area contributed by atoms with Crippen molar-refractivity contribution in [2.75, 3.05) is 6.61 Å². The van der Waals surface area contributed by atoms with Gasteiger partial charge in [-0.25, -0.2) is 0 Å². The summed E-state index contributed by atoms with van der Waals surface area (Å²) in [5, 5.41) is 15.7. The van der Waals surface area contributed by atoms with E-state index in [1.165, 1.54) is 22.8 Å². The van der Waals surface area contributed by atoms with Gasteiger partial charge in [0.2, 0.25) is 5.17 Å². The minimum absolute atomic E-state index is 0.0667. The van der Waals surface area contributed by atoms with Crippen LogP contribution in [-0.4, -0.2) is 33.6 Å². The number of nitrogens with one attached hydrogen (secondary N) is 1. The number of rotatable bonds is 5. The summed E-state index contributed by atoms with van der Waals surface area (Å²) in [6.45, 7) is 0.214. The number of aliphatic imine (C=N–C) groups is 1. The highest BCUT2D eigenvalue weighted by molar-refractivity contribution is 8.27. The van der Waals surface area contributed by atoms with E-state index in [2.05, 4.69) is 10.1 Å². The number of amides is 1. The number of hydrazone groups is 1. The van der Waals surface area contributed by atoms with Crippen molar-refractivity contribution in [3.8, 4) is 17.1 Å². The molecule has 158 valence electrons. The second-order valence-electron chi connectivity index (χ2n) is 6.83. The Hall–Kier alpha value is -3.62. The zero-order valence-electron chi connectivity index (χ0n) is 16.5. The smallest absolute Gasteiger partial charge is 0.283 e. The number of thioether (sulfide) groups is 1. The highest BCUT2D eigenvalue weighted by Gasteiger charge is 2.36. The molecule has 0 spiro atoms. The average Bonchev–Trinajstić information content (AvgIpc) is 3.43. The maximum atomic E-state index is 12.6. The molecule has 1 N–H and O–H groups in total. The second kappa shape index (κ2) is 8.49. The van der Waals surface area contributed by atoms with Crippen LogP contribution in [0.1, 0.15) is 5.76 Å². The summed E-state index contributed by atoms with van der Waals surface area (Å²) in [5.41, 5.74) is 0.909. The van der Waals surface area contributed by atoms with Crippen molar-refractivity contribution >= 4 is 51.4 Å². The molecule has 0 unspecified atom stereocenters. The summed E-state index contributed by atoms with van der Waals surface area (Å²) >= 11 is 7.25. The number of halogens is 1. The summed E-state index contributed by atoms with van der Waals surface area (Å²) in [5.74, 6) is 1.16. The van der Waals surface area contributed by atoms with E-state index in [9.17, 15) is 4.79 Å². The van der Waals surface area contributed by atoms with E-state index < -0.39 is 5.91 Å². The molecule has 9 heteroatoms. The lowest BCUT2D eigenvalue weighted by molar-refractivity contribution is -0.114. The normalized spacial score (nSPS) is 16.8. The summed E-state index contributed by atoms with van der Waals surface area (Å²) in [7, 11) is 0. The number of hydrogen-bond donors (Lipinski definition) is 1. The van der Waals surface area contributed by atoms with Gasteiger partial charge in [0.1, 0.15) is 28.9 Å². The maximum absolute atomic E-state index is 12.6. The van der Waals surface area contributed by atoms with Gasteiger partial charge in [0, 0.05) is 10.6 Å². The Bertz CT molecular complexity index is 1310. The van der Waals surface area contributed by atoms with Crippen molar-refractivity contribution in [2.24, 2.45) is 10.1 Å². The van der Waals surface area contributed by atoms with Crippen LogP contribution in [0.15, 0.2) is 86.8 Å². The molecule has 0 radical (unpaired) electrons. The van der Waals surface area contributed by atoms with Crippen LogP contribution >= 0.6 is 23.4 Å². The fraction of sp³-hybridized carbons (Fsp3) is 0.0435. The van der Waals surface area contributed by atoms with Crippen LogP contribution in [0.3, 0.4) is 0 Å². The van der Waals surface area contributed by atoms with Crippen LogP contribution in [0.2, 0.25) is 5.02 Å². The van der Waals surface area contributed by atoms with E-state index in [0.717, 1.165) is 5.56 Å². The van der Waals surface area contributed by atoms with Crippen LogP contribution in [0.25, 0.3) is 17.4 Å².